The number of aromatic nitrogens is 7. The summed E-state index contributed by atoms with van der Waals surface area (Å²) in [7, 11) is 0. The Morgan fingerprint density at radius 1 is 1.07 bits per heavy atom. The Balaban J connectivity index is 1.50. The fourth-order valence-corrected chi connectivity index (χ4v) is 6.67. The molecule has 0 saturated heterocycles. The van der Waals surface area contributed by atoms with E-state index in [2.05, 4.69) is 47.6 Å². The summed E-state index contributed by atoms with van der Waals surface area (Å²) in [5.74, 6) is 1.25. The number of aryl methyl sites for hydroxylation is 1. The molecule has 1 fully saturated rings. The summed E-state index contributed by atoms with van der Waals surface area (Å²) in [5, 5.41) is 14.5. The van der Waals surface area contributed by atoms with Gasteiger partial charge in [-0.3, -0.25) is 18.9 Å². The first kappa shape index (κ1) is 29.6. The molecule has 3 unspecified atom stereocenters. The molecule has 1 aromatic carbocycles. The van der Waals surface area contributed by atoms with Crippen LogP contribution in [0.15, 0.2) is 53.6 Å². The molecule has 9 nitrogen and oxygen atoms in total. The van der Waals surface area contributed by atoms with Gasteiger partial charge in [-0.1, -0.05) is 76.8 Å². The highest BCUT2D eigenvalue weighted by Gasteiger charge is 2.37. The van der Waals surface area contributed by atoms with Gasteiger partial charge in [0.1, 0.15) is 5.78 Å². The van der Waals surface area contributed by atoms with Gasteiger partial charge in [0, 0.05) is 35.1 Å². The number of Topliss-reactive ketones (excluding diaryl/α,β-unsaturated/α-hetero) is 1. The Labute approximate surface area is 247 Å². The highest BCUT2D eigenvalue weighted by Crippen LogP contribution is 2.40. The second-order valence-corrected chi connectivity index (χ2v) is 12.1. The quantitative estimate of drug-likeness (QED) is 0.241. The molecule has 0 bridgehead atoms. The maximum atomic E-state index is 14.2. The summed E-state index contributed by atoms with van der Waals surface area (Å²) in [6.07, 6.45) is 12.0. The standard InChI is InChI=1S/C33H43N7O2/c1-5-6-12-26-21-40(31-27(22(2)3)13-8-7-9-14-28(31)23(4)41)33(42)39(26)20-25-18-17-24(19-34-25)29-15-10-11-16-30(29)32-35-37-38-36-32/h10-11,15-19,21-22,27-28,31H,5-9,12-14,20H2,1-4H3,(H,35,36,37,38). The van der Waals surface area contributed by atoms with Crippen molar-refractivity contribution in [1.29, 1.82) is 0 Å². The minimum atomic E-state index is -0.137. The van der Waals surface area contributed by atoms with Crippen molar-refractivity contribution in [3.63, 3.8) is 0 Å². The zero-order chi connectivity index (χ0) is 29.6. The first-order valence-corrected chi connectivity index (χ1v) is 15.5. The number of pyridine rings is 1. The molecule has 1 aliphatic rings. The van der Waals surface area contributed by atoms with Gasteiger partial charge in [0.05, 0.1) is 18.3 Å². The van der Waals surface area contributed by atoms with Crippen LogP contribution < -0.4 is 5.69 Å². The number of carbonyl (C=O) groups is 1. The van der Waals surface area contributed by atoms with E-state index in [1.165, 1.54) is 0 Å². The lowest BCUT2D eigenvalue weighted by molar-refractivity contribution is -0.123. The number of tetrazole rings is 1. The topological polar surface area (TPSA) is 111 Å². The molecule has 4 aromatic rings. The largest absolute Gasteiger partial charge is 0.328 e. The van der Waals surface area contributed by atoms with Crippen molar-refractivity contribution < 1.29 is 4.79 Å². The fraction of sp³-hybridized carbons (Fsp3) is 0.515. The lowest BCUT2D eigenvalue weighted by Crippen LogP contribution is -2.40. The SMILES string of the molecule is CCCCc1cn(C2C(C(C)=O)CCCCCC2C(C)C)c(=O)n1Cc1ccc(-c2ccccc2-c2nn[nH]n2)cn1. The third-order valence-electron chi connectivity index (χ3n) is 8.95. The van der Waals surface area contributed by atoms with Crippen LogP contribution in [0.25, 0.3) is 22.5 Å². The van der Waals surface area contributed by atoms with Crippen molar-refractivity contribution in [2.75, 3.05) is 0 Å². The first-order valence-electron chi connectivity index (χ1n) is 15.5. The van der Waals surface area contributed by atoms with Gasteiger partial charge in [-0.15, -0.1) is 10.2 Å². The summed E-state index contributed by atoms with van der Waals surface area (Å²) < 4.78 is 3.82. The first-order chi connectivity index (χ1) is 20.4. The van der Waals surface area contributed by atoms with Crippen LogP contribution in [0.1, 0.15) is 90.1 Å². The zero-order valence-corrected chi connectivity index (χ0v) is 25.3. The number of carbonyl (C=O) groups excluding carboxylic acids is 1. The molecule has 0 radical (unpaired) electrons. The molecular formula is C33H43N7O2. The molecule has 1 aliphatic carbocycles. The minimum absolute atomic E-state index is 0.0306. The lowest BCUT2D eigenvalue weighted by Gasteiger charge is -2.37. The van der Waals surface area contributed by atoms with Crippen LogP contribution in [-0.2, 0) is 17.8 Å². The Bertz CT molecular complexity index is 1520. The predicted octanol–water partition coefficient (Wildman–Crippen LogP) is 6.27. The van der Waals surface area contributed by atoms with Gasteiger partial charge < -0.3 is 0 Å². The number of imidazole rings is 1. The number of H-pyrrole nitrogens is 1. The molecule has 9 heteroatoms. The molecule has 5 rings (SSSR count). The van der Waals surface area contributed by atoms with Crippen LogP contribution in [0, 0.1) is 17.8 Å². The van der Waals surface area contributed by atoms with Crippen LogP contribution in [0.2, 0.25) is 0 Å². The van der Waals surface area contributed by atoms with E-state index in [9.17, 15) is 9.59 Å². The van der Waals surface area contributed by atoms with Crippen molar-refractivity contribution in [1.82, 2.24) is 34.7 Å². The molecule has 3 atom stereocenters. The van der Waals surface area contributed by atoms with Gasteiger partial charge in [-0.25, -0.2) is 4.79 Å². The van der Waals surface area contributed by atoms with Gasteiger partial charge >= 0.3 is 5.69 Å². The van der Waals surface area contributed by atoms with E-state index in [1.54, 1.807) is 6.92 Å². The monoisotopic (exact) mass is 569 g/mol. The van der Waals surface area contributed by atoms with Crippen molar-refractivity contribution >= 4 is 5.78 Å². The molecule has 0 aliphatic heterocycles. The van der Waals surface area contributed by atoms with E-state index >= 15 is 0 Å². The van der Waals surface area contributed by atoms with E-state index < -0.39 is 0 Å². The summed E-state index contributed by atoms with van der Waals surface area (Å²) in [5.41, 5.74) is 4.57. The number of rotatable bonds is 10. The van der Waals surface area contributed by atoms with Gasteiger partial charge in [-0.2, -0.15) is 5.21 Å². The van der Waals surface area contributed by atoms with Crippen molar-refractivity contribution in [2.45, 2.75) is 91.6 Å². The highest BCUT2D eigenvalue weighted by molar-refractivity contribution is 5.80. The Morgan fingerprint density at radius 3 is 2.52 bits per heavy atom. The molecule has 0 amide bonds. The Hall–Kier alpha value is -3.88. The molecule has 3 aromatic heterocycles. The average molecular weight is 570 g/mol. The highest BCUT2D eigenvalue weighted by atomic mass is 16.2. The maximum Gasteiger partial charge on any atom is 0.328 e. The van der Waals surface area contributed by atoms with E-state index in [-0.39, 0.29) is 29.4 Å². The fourth-order valence-electron chi connectivity index (χ4n) is 6.67. The molecule has 3 heterocycles. The van der Waals surface area contributed by atoms with E-state index in [0.29, 0.717) is 18.3 Å². The molecule has 222 valence electrons. The van der Waals surface area contributed by atoms with Crippen LogP contribution in [-0.4, -0.2) is 40.5 Å². The molecule has 0 spiro atoms. The van der Waals surface area contributed by atoms with Crippen molar-refractivity contribution in [3.8, 4) is 22.5 Å². The van der Waals surface area contributed by atoms with E-state index in [1.807, 2.05) is 51.7 Å². The number of nitrogens with zero attached hydrogens (tertiary/aromatic N) is 6. The molecular weight excluding hydrogens is 526 g/mol. The molecule has 1 saturated carbocycles. The normalized spacial score (nSPS) is 19.5. The predicted molar refractivity (Wildman–Crippen MR) is 164 cm³/mol. The summed E-state index contributed by atoms with van der Waals surface area (Å²) in [6.45, 7) is 8.74. The smallest absolute Gasteiger partial charge is 0.300 e. The summed E-state index contributed by atoms with van der Waals surface area (Å²) in [4.78, 5) is 32.0. The Morgan fingerprint density at radius 2 is 1.86 bits per heavy atom. The number of hydrogen-bond acceptors (Lipinski definition) is 6. The third kappa shape index (κ3) is 6.30. The van der Waals surface area contributed by atoms with Gasteiger partial charge in [0.2, 0.25) is 5.82 Å². The number of ketones is 1. The van der Waals surface area contributed by atoms with E-state index in [4.69, 9.17) is 4.98 Å². The summed E-state index contributed by atoms with van der Waals surface area (Å²) in [6, 6.07) is 11.8. The summed E-state index contributed by atoms with van der Waals surface area (Å²) >= 11 is 0. The zero-order valence-electron chi connectivity index (χ0n) is 25.3. The van der Waals surface area contributed by atoms with Gasteiger partial charge in [0.15, 0.2) is 0 Å². The lowest BCUT2D eigenvalue weighted by atomic mass is 9.73. The van der Waals surface area contributed by atoms with Crippen LogP contribution in [0.5, 0.6) is 0 Å². The van der Waals surface area contributed by atoms with E-state index in [0.717, 1.165) is 79.4 Å². The van der Waals surface area contributed by atoms with Crippen molar-refractivity contribution in [3.05, 3.63) is 70.7 Å². The number of aromatic amines is 1. The maximum absolute atomic E-state index is 14.2. The number of hydrogen-bond donors (Lipinski definition) is 1. The van der Waals surface area contributed by atoms with Crippen LogP contribution in [0.4, 0.5) is 0 Å². The van der Waals surface area contributed by atoms with Crippen LogP contribution >= 0.6 is 0 Å². The minimum Gasteiger partial charge on any atom is -0.300 e. The number of benzene rings is 1. The average Bonchev–Trinajstić information content (AvgIpc) is 3.61. The molecule has 1 N–H and O–H groups in total. The van der Waals surface area contributed by atoms with Crippen LogP contribution in [0.3, 0.4) is 0 Å². The number of nitrogens with one attached hydrogen (secondary N) is 1. The van der Waals surface area contributed by atoms with Gasteiger partial charge in [0.25, 0.3) is 0 Å². The second-order valence-electron chi connectivity index (χ2n) is 12.1. The Kier molecular flexibility index (Phi) is 9.45. The number of unbranched alkanes of at least 4 members (excludes halogenated alkanes) is 1. The van der Waals surface area contributed by atoms with Gasteiger partial charge in [-0.05, 0) is 61.3 Å². The second kappa shape index (κ2) is 13.4. The third-order valence-corrected chi connectivity index (χ3v) is 8.95. The van der Waals surface area contributed by atoms with Crippen molar-refractivity contribution in [2.24, 2.45) is 17.8 Å². The molecule has 42 heavy (non-hydrogen) atoms.